The van der Waals surface area contributed by atoms with Gasteiger partial charge in [0.1, 0.15) is 0 Å². The molecule has 1 saturated heterocycles. The highest BCUT2D eigenvalue weighted by Gasteiger charge is 2.22. The Bertz CT molecular complexity index is 640. The Hall–Kier alpha value is -1.63. The van der Waals surface area contributed by atoms with Gasteiger partial charge in [-0.1, -0.05) is 6.07 Å². The second-order valence-electron chi connectivity index (χ2n) is 4.82. The second kappa shape index (κ2) is 4.80. The molecular formula is C13H17N3O3. The smallest absolute Gasteiger partial charge is 0.408 e. The lowest BCUT2D eigenvalue weighted by molar-refractivity contribution is 0.0685. The van der Waals surface area contributed by atoms with Crippen molar-refractivity contribution in [3.05, 3.63) is 34.3 Å². The van der Waals surface area contributed by atoms with E-state index >= 15 is 0 Å². The molecule has 2 heterocycles. The summed E-state index contributed by atoms with van der Waals surface area (Å²) >= 11 is 0. The number of benzene rings is 1. The Morgan fingerprint density at radius 2 is 2.37 bits per heavy atom. The minimum absolute atomic E-state index is 0.0848. The van der Waals surface area contributed by atoms with Gasteiger partial charge < -0.3 is 20.2 Å². The first-order valence-corrected chi connectivity index (χ1v) is 6.33. The first-order chi connectivity index (χ1) is 9.16. The number of fused-ring (bicyclic) bond motifs is 1. The summed E-state index contributed by atoms with van der Waals surface area (Å²) in [6, 6.07) is 5.52. The molecule has 0 amide bonds. The molecule has 19 heavy (non-hydrogen) atoms. The van der Waals surface area contributed by atoms with Gasteiger partial charge in [-0.3, -0.25) is 4.57 Å². The van der Waals surface area contributed by atoms with E-state index in [0.717, 1.165) is 24.2 Å². The molecular weight excluding hydrogens is 246 g/mol. The highest BCUT2D eigenvalue weighted by molar-refractivity contribution is 5.73. The Morgan fingerprint density at radius 3 is 3.11 bits per heavy atom. The number of nitrogens with one attached hydrogen (secondary N) is 1. The lowest BCUT2D eigenvalue weighted by atomic mass is 10.00. The molecule has 1 aromatic carbocycles. The molecule has 0 spiro atoms. The van der Waals surface area contributed by atoms with Gasteiger partial charge in [-0.25, -0.2) is 4.79 Å². The number of aromatic nitrogens is 1. The van der Waals surface area contributed by atoms with Crippen LogP contribution >= 0.6 is 0 Å². The van der Waals surface area contributed by atoms with E-state index in [2.05, 4.69) is 5.32 Å². The van der Waals surface area contributed by atoms with Crippen LogP contribution in [0.15, 0.2) is 27.4 Å². The number of nitrogens with zero attached hydrogens (tertiary/aromatic N) is 1. The Balaban J connectivity index is 1.94. The number of morpholine rings is 1. The van der Waals surface area contributed by atoms with Crippen LogP contribution in [0, 0.1) is 0 Å². The number of rotatable bonds is 2. The van der Waals surface area contributed by atoms with Crippen molar-refractivity contribution in [2.45, 2.75) is 12.1 Å². The average molecular weight is 263 g/mol. The summed E-state index contributed by atoms with van der Waals surface area (Å²) in [6.45, 7) is 2.12. The summed E-state index contributed by atoms with van der Waals surface area (Å²) in [5.74, 6) is -0.361. The van der Waals surface area contributed by atoms with Crippen molar-refractivity contribution in [2.75, 3.05) is 19.8 Å². The zero-order valence-corrected chi connectivity index (χ0v) is 10.8. The SMILES string of the molecule is Cn1c(=O)oc2cc(C(N)C3COCCN3)ccc21. The quantitative estimate of drug-likeness (QED) is 0.804. The summed E-state index contributed by atoms with van der Waals surface area (Å²) in [5, 5.41) is 3.33. The van der Waals surface area contributed by atoms with Gasteiger partial charge in [0.25, 0.3) is 0 Å². The largest absolute Gasteiger partial charge is 0.419 e. The van der Waals surface area contributed by atoms with Crippen molar-refractivity contribution in [2.24, 2.45) is 12.8 Å². The van der Waals surface area contributed by atoms with Gasteiger partial charge in [0, 0.05) is 25.7 Å². The van der Waals surface area contributed by atoms with Crippen LogP contribution in [0.4, 0.5) is 0 Å². The standard InChI is InChI=1S/C13H17N3O3/c1-16-10-3-2-8(6-11(10)19-13(16)17)12(14)9-7-18-5-4-15-9/h2-3,6,9,12,15H,4-5,7,14H2,1H3. The second-order valence-corrected chi connectivity index (χ2v) is 4.82. The van der Waals surface area contributed by atoms with Crippen LogP contribution in [0.2, 0.25) is 0 Å². The molecule has 2 unspecified atom stereocenters. The van der Waals surface area contributed by atoms with E-state index in [1.165, 1.54) is 4.57 Å². The molecule has 1 fully saturated rings. The van der Waals surface area contributed by atoms with Crippen LogP contribution in [0.3, 0.4) is 0 Å². The first-order valence-electron chi connectivity index (χ1n) is 6.33. The third-order valence-corrected chi connectivity index (χ3v) is 3.59. The zero-order chi connectivity index (χ0) is 13.4. The van der Waals surface area contributed by atoms with Gasteiger partial charge >= 0.3 is 5.76 Å². The van der Waals surface area contributed by atoms with Gasteiger partial charge in [-0.15, -0.1) is 0 Å². The molecule has 1 aromatic heterocycles. The topological polar surface area (TPSA) is 82.4 Å². The van der Waals surface area contributed by atoms with E-state index in [1.807, 2.05) is 18.2 Å². The predicted octanol–water partition coefficient (Wildman–Crippen LogP) is 0.120. The van der Waals surface area contributed by atoms with Gasteiger partial charge in [0.15, 0.2) is 5.58 Å². The summed E-state index contributed by atoms with van der Waals surface area (Å²) in [6.07, 6.45) is 0. The number of hydrogen-bond acceptors (Lipinski definition) is 5. The molecule has 2 aromatic rings. The highest BCUT2D eigenvalue weighted by atomic mass is 16.5. The number of hydrogen-bond donors (Lipinski definition) is 2. The highest BCUT2D eigenvalue weighted by Crippen LogP contribution is 2.21. The molecule has 0 aliphatic carbocycles. The molecule has 0 saturated carbocycles. The molecule has 0 radical (unpaired) electrons. The van der Waals surface area contributed by atoms with Crippen LogP contribution in [0.5, 0.6) is 0 Å². The number of ether oxygens (including phenoxy) is 1. The summed E-state index contributed by atoms with van der Waals surface area (Å²) in [5.41, 5.74) is 8.51. The molecule has 2 atom stereocenters. The Morgan fingerprint density at radius 1 is 1.53 bits per heavy atom. The van der Waals surface area contributed by atoms with Gasteiger partial charge in [-0.2, -0.15) is 0 Å². The fourth-order valence-electron chi connectivity index (χ4n) is 2.41. The Kier molecular flexibility index (Phi) is 3.14. The zero-order valence-electron chi connectivity index (χ0n) is 10.8. The maximum absolute atomic E-state index is 11.5. The third kappa shape index (κ3) is 2.18. The number of aryl methyl sites for hydroxylation is 1. The monoisotopic (exact) mass is 263 g/mol. The molecule has 6 nitrogen and oxygen atoms in total. The number of oxazole rings is 1. The molecule has 1 aliphatic heterocycles. The molecule has 6 heteroatoms. The minimum atomic E-state index is -0.361. The molecule has 3 N–H and O–H groups in total. The first kappa shape index (κ1) is 12.4. The van der Waals surface area contributed by atoms with Crippen LogP contribution in [-0.2, 0) is 11.8 Å². The van der Waals surface area contributed by atoms with Crippen molar-refractivity contribution >= 4 is 11.1 Å². The fourth-order valence-corrected chi connectivity index (χ4v) is 2.41. The maximum Gasteiger partial charge on any atom is 0.419 e. The molecule has 3 rings (SSSR count). The van der Waals surface area contributed by atoms with Crippen LogP contribution in [0.25, 0.3) is 11.1 Å². The number of nitrogens with two attached hydrogens (primary N) is 1. The molecule has 1 aliphatic rings. The van der Waals surface area contributed by atoms with E-state index < -0.39 is 0 Å². The summed E-state index contributed by atoms with van der Waals surface area (Å²) in [7, 11) is 1.68. The van der Waals surface area contributed by atoms with Crippen molar-refractivity contribution in [3.63, 3.8) is 0 Å². The van der Waals surface area contributed by atoms with Gasteiger partial charge in [0.2, 0.25) is 0 Å². The summed E-state index contributed by atoms with van der Waals surface area (Å²) in [4.78, 5) is 11.5. The van der Waals surface area contributed by atoms with E-state index in [4.69, 9.17) is 14.9 Å². The average Bonchev–Trinajstić information content (AvgIpc) is 2.74. The third-order valence-electron chi connectivity index (χ3n) is 3.59. The molecule has 0 bridgehead atoms. The predicted molar refractivity (Wildman–Crippen MR) is 71.0 cm³/mol. The normalized spacial score (nSPS) is 21.7. The lowest BCUT2D eigenvalue weighted by Crippen LogP contribution is -2.47. The fraction of sp³-hybridized carbons (Fsp3) is 0.462. The van der Waals surface area contributed by atoms with Crippen LogP contribution in [-0.4, -0.2) is 30.4 Å². The Labute approximate surface area is 110 Å². The van der Waals surface area contributed by atoms with Gasteiger partial charge in [0.05, 0.1) is 18.7 Å². The van der Waals surface area contributed by atoms with Crippen molar-refractivity contribution in [1.29, 1.82) is 0 Å². The lowest BCUT2D eigenvalue weighted by Gasteiger charge is -2.29. The molecule has 102 valence electrons. The van der Waals surface area contributed by atoms with E-state index in [0.29, 0.717) is 12.2 Å². The van der Waals surface area contributed by atoms with E-state index in [-0.39, 0.29) is 17.8 Å². The van der Waals surface area contributed by atoms with Crippen molar-refractivity contribution < 1.29 is 9.15 Å². The van der Waals surface area contributed by atoms with Crippen molar-refractivity contribution in [3.8, 4) is 0 Å². The van der Waals surface area contributed by atoms with Crippen molar-refractivity contribution in [1.82, 2.24) is 9.88 Å². The van der Waals surface area contributed by atoms with Crippen LogP contribution in [0.1, 0.15) is 11.6 Å². The van der Waals surface area contributed by atoms with Crippen LogP contribution < -0.4 is 16.8 Å². The minimum Gasteiger partial charge on any atom is -0.408 e. The maximum atomic E-state index is 11.5. The van der Waals surface area contributed by atoms with E-state index in [9.17, 15) is 4.79 Å². The van der Waals surface area contributed by atoms with Gasteiger partial charge in [-0.05, 0) is 17.7 Å². The van der Waals surface area contributed by atoms with E-state index in [1.54, 1.807) is 7.05 Å². The summed E-state index contributed by atoms with van der Waals surface area (Å²) < 4.78 is 12.1.